The molecular formula is C17H16ClF2NO3. The number of rotatable bonds is 8. The van der Waals surface area contributed by atoms with Crippen LogP contribution in [0.5, 0.6) is 11.5 Å². The van der Waals surface area contributed by atoms with E-state index in [0.717, 1.165) is 5.56 Å². The van der Waals surface area contributed by atoms with E-state index in [4.69, 9.17) is 16.3 Å². The van der Waals surface area contributed by atoms with E-state index in [0.29, 0.717) is 23.7 Å². The average molecular weight is 356 g/mol. The van der Waals surface area contributed by atoms with Crippen molar-refractivity contribution in [2.75, 3.05) is 13.2 Å². The Morgan fingerprint density at radius 2 is 1.83 bits per heavy atom. The van der Waals surface area contributed by atoms with E-state index < -0.39 is 6.61 Å². The summed E-state index contributed by atoms with van der Waals surface area (Å²) < 4.78 is 33.7. The van der Waals surface area contributed by atoms with Crippen LogP contribution in [0.3, 0.4) is 0 Å². The molecule has 0 spiro atoms. The third-order valence-corrected chi connectivity index (χ3v) is 3.39. The molecule has 0 fully saturated rings. The number of hydrogen-bond donors (Lipinski definition) is 1. The van der Waals surface area contributed by atoms with Crippen LogP contribution in [0.25, 0.3) is 0 Å². The zero-order chi connectivity index (χ0) is 17.4. The van der Waals surface area contributed by atoms with Gasteiger partial charge in [0.25, 0.3) is 5.91 Å². The molecule has 7 heteroatoms. The van der Waals surface area contributed by atoms with Crippen LogP contribution in [0.1, 0.15) is 5.56 Å². The van der Waals surface area contributed by atoms with Crippen molar-refractivity contribution in [3.63, 3.8) is 0 Å². The fourth-order valence-corrected chi connectivity index (χ4v) is 2.13. The largest absolute Gasteiger partial charge is 0.482 e. The quantitative estimate of drug-likeness (QED) is 0.785. The topological polar surface area (TPSA) is 47.6 Å². The molecule has 0 heterocycles. The first-order chi connectivity index (χ1) is 11.5. The number of amides is 1. The highest BCUT2D eigenvalue weighted by Gasteiger charge is 2.06. The van der Waals surface area contributed by atoms with Crippen molar-refractivity contribution in [2.24, 2.45) is 0 Å². The van der Waals surface area contributed by atoms with Crippen molar-refractivity contribution in [1.82, 2.24) is 5.32 Å². The molecule has 0 bridgehead atoms. The first-order valence-electron chi connectivity index (χ1n) is 7.22. The molecule has 0 aromatic heterocycles. The van der Waals surface area contributed by atoms with Gasteiger partial charge in [-0.1, -0.05) is 35.9 Å². The molecule has 2 aromatic carbocycles. The van der Waals surface area contributed by atoms with Gasteiger partial charge in [-0.25, -0.2) is 0 Å². The minimum Gasteiger partial charge on any atom is -0.482 e. The molecule has 24 heavy (non-hydrogen) atoms. The van der Waals surface area contributed by atoms with E-state index in [9.17, 15) is 13.6 Å². The molecule has 4 nitrogen and oxygen atoms in total. The van der Waals surface area contributed by atoms with Gasteiger partial charge in [0, 0.05) is 6.54 Å². The number of halogens is 3. The van der Waals surface area contributed by atoms with Crippen molar-refractivity contribution in [3.8, 4) is 11.5 Å². The van der Waals surface area contributed by atoms with Crippen LogP contribution in [0, 0.1) is 0 Å². The summed E-state index contributed by atoms with van der Waals surface area (Å²) in [7, 11) is 0. The maximum atomic E-state index is 12.0. The summed E-state index contributed by atoms with van der Waals surface area (Å²) in [6, 6.07) is 13.2. The molecule has 0 aliphatic carbocycles. The predicted molar refractivity (Wildman–Crippen MR) is 86.7 cm³/mol. The summed E-state index contributed by atoms with van der Waals surface area (Å²) >= 11 is 5.92. The van der Waals surface area contributed by atoms with E-state index in [-0.39, 0.29) is 18.3 Å². The number of carbonyl (C=O) groups excluding carboxylic acids is 1. The number of para-hydroxylation sites is 1. The van der Waals surface area contributed by atoms with E-state index in [1.54, 1.807) is 36.4 Å². The Labute approximate surface area is 143 Å². The Hall–Kier alpha value is -2.34. The standard InChI is InChI=1S/C17H16ClF2NO3/c18-14-3-1-2-4-15(14)23-11-16(22)21-10-9-12-5-7-13(8-6-12)24-17(19)20/h1-8,17H,9-11H2,(H,21,22). The van der Waals surface area contributed by atoms with Crippen LogP contribution in [0.2, 0.25) is 5.02 Å². The molecule has 0 aliphatic heterocycles. The van der Waals surface area contributed by atoms with Crippen LogP contribution in [-0.4, -0.2) is 25.7 Å². The van der Waals surface area contributed by atoms with Crippen molar-refractivity contribution in [3.05, 3.63) is 59.1 Å². The van der Waals surface area contributed by atoms with Crippen LogP contribution < -0.4 is 14.8 Å². The van der Waals surface area contributed by atoms with E-state index >= 15 is 0 Å². The summed E-state index contributed by atoms with van der Waals surface area (Å²) in [5.41, 5.74) is 0.893. The van der Waals surface area contributed by atoms with Crippen LogP contribution >= 0.6 is 11.6 Å². The van der Waals surface area contributed by atoms with Gasteiger partial charge < -0.3 is 14.8 Å². The Morgan fingerprint density at radius 3 is 2.50 bits per heavy atom. The lowest BCUT2D eigenvalue weighted by Crippen LogP contribution is -2.30. The number of carbonyl (C=O) groups is 1. The Balaban J connectivity index is 1.70. The molecule has 0 aliphatic rings. The molecule has 2 rings (SSSR count). The zero-order valence-corrected chi connectivity index (χ0v) is 13.4. The first kappa shape index (κ1) is 18.0. The van der Waals surface area contributed by atoms with E-state index in [2.05, 4.69) is 10.1 Å². The van der Waals surface area contributed by atoms with Crippen molar-refractivity contribution < 1.29 is 23.0 Å². The monoisotopic (exact) mass is 355 g/mol. The molecule has 1 N–H and O–H groups in total. The van der Waals surface area contributed by atoms with Gasteiger partial charge in [-0.2, -0.15) is 8.78 Å². The van der Waals surface area contributed by atoms with Crippen molar-refractivity contribution in [2.45, 2.75) is 13.0 Å². The minimum atomic E-state index is -2.84. The van der Waals surface area contributed by atoms with Gasteiger partial charge in [0.05, 0.1) is 5.02 Å². The maximum Gasteiger partial charge on any atom is 0.387 e. The number of benzene rings is 2. The zero-order valence-electron chi connectivity index (χ0n) is 12.7. The molecule has 0 saturated heterocycles. The third kappa shape index (κ3) is 6.04. The minimum absolute atomic E-state index is 0.103. The number of alkyl halides is 2. The van der Waals surface area contributed by atoms with Gasteiger partial charge in [0.1, 0.15) is 11.5 Å². The molecule has 0 atom stereocenters. The fraction of sp³-hybridized carbons (Fsp3) is 0.235. The summed E-state index contributed by atoms with van der Waals surface area (Å²) in [6.45, 7) is -2.57. The molecule has 1 amide bonds. The Kier molecular flexibility index (Phi) is 6.81. The lowest BCUT2D eigenvalue weighted by molar-refractivity contribution is -0.123. The second-order valence-corrected chi connectivity index (χ2v) is 5.25. The van der Waals surface area contributed by atoms with E-state index in [1.807, 2.05) is 0 Å². The van der Waals surface area contributed by atoms with Crippen molar-refractivity contribution >= 4 is 17.5 Å². The SMILES string of the molecule is O=C(COc1ccccc1Cl)NCCc1ccc(OC(F)F)cc1. The second kappa shape index (κ2) is 9.08. The summed E-state index contributed by atoms with van der Waals surface area (Å²) in [4.78, 5) is 11.7. The van der Waals surface area contributed by atoms with Crippen LogP contribution in [0.15, 0.2) is 48.5 Å². The van der Waals surface area contributed by atoms with Gasteiger partial charge in [-0.3, -0.25) is 4.79 Å². The molecule has 0 saturated carbocycles. The molecule has 128 valence electrons. The molecular weight excluding hydrogens is 340 g/mol. The molecule has 2 aromatic rings. The van der Waals surface area contributed by atoms with Gasteiger partial charge >= 0.3 is 6.61 Å². The molecule has 0 radical (unpaired) electrons. The number of ether oxygens (including phenoxy) is 2. The number of nitrogens with one attached hydrogen (secondary N) is 1. The average Bonchev–Trinajstić information content (AvgIpc) is 2.55. The normalized spacial score (nSPS) is 10.5. The van der Waals surface area contributed by atoms with E-state index in [1.165, 1.54) is 12.1 Å². The summed E-state index contributed by atoms with van der Waals surface area (Å²) in [5.74, 6) is 0.280. The maximum absolute atomic E-state index is 12.0. The lowest BCUT2D eigenvalue weighted by atomic mass is 10.1. The fourth-order valence-electron chi connectivity index (χ4n) is 1.94. The summed E-state index contributed by atoms with van der Waals surface area (Å²) in [5, 5.41) is 3.15. The highest BCUT2D eigenvalue weighted by Crippen LogP contribution is 2.22. The van der Waals surface area contributed by atoms with Gasteiger partial charge in [-0.05, 0) is 36.2 Å². The second-order valence-electron chi connectivity index (χ2n) is 4.84. The van der Waals surface area contributed by atoms with Crippen molar-refractivity contribution in [1.29, 1.82) is 0 Å². The van der Waals surface area contributed by atoms with Gasteiger partial charge in [0.15, 0.2) is 6.61 Å². The first-order valence-corrected chi connectivity index (χ1v) is 7.60. The molecule has 0 unspecified atom stereocenters. The lowest BCUT2D eigenvalue weighted by Gasteiger charge is -2.09. The van der Waals surface area contributed by atoms with Gasteiger partial charge in [-0.15, -0.1) is 0 Å². The predicted octanol–water partition coefficient (Wildman–Crippen LogP) is 3.68. The number of hydrogen-bond acceptors (Lipinski definition) is 3. The Bertz CT molecular complexity index is 665. The van der Waals surface area contributed by atoms with Crippen LogP contribution in [-0.2, 0) is 11.2 Å². The smallest absolute Gasteiger partial charge is 0.387 e. The summed E-state index contributed by atoms with van der Waals surface area (Å²) in [6.07, 6.45) is 0.562. The highest BCUT2D eigenvalue weighted by molar-refractivity contribution is 6.32. The van der Waals surface area contributed by atoms with Gasteiger partial charge in [0.2, 0.25) is 0 Å². The van der Waals surface area contributed by atoms with Crippen LogP contribution in [0.4, 0.5) is 8.78 Å². The Morgan fingerprint density at radius 1 is 1.12 bits per heavy atom. The highest BCUT2D eigenvalue weighted by atomic mass is 35.5. The third-order valence-electron chi connectivity index (χ3n) is 3.08.